The predicted molar refractivity (Wildman–Crippen MR) is 200 cm³/mol. The molecule has 0 saturated carbocycles. The first-order valence-corrected chi connectivity index (χ1v) is 14.3. The lowest BCUT2D eigenvalue weighted by Crippen LogP contribution is -2.40. The number of phenols is 1. The van der Waals surface area contributed by atoms with Crippen molar-refractivity contribution in [3.63, 3.8) is 0 Å². The van der Waals surface area contributed by atoms with Gasteiger partial charge in [-0.15, -0.1) is 0 Å². The number of nitrogens with zero attached hydrogens (tertiary/aromatic N) is 1. The Morgan fingerprint density at radius 3 is 1.56 bits per heavy atom. The van der Waals surface area contributed by atoms with E-state index in [1.54, 1.807) is 65.8 Å². The van der Waals surface area contributed by atoms with E-state index in [0.717, 1.165) is 29.8 Å². The number of nitriles is 1. The van der Waals surface area contributed by atoms with Crippen LogP contribution >= 0.6 is 0 Å². The van der Waals surface area contributed by atoms with E-state index in [4.69, 9.17) is 9.47 Å². The molecule has 3 aromatic carbocycles. The van der Waals surface area contributed by atoms with E-state index < -0.39 is 62.8 Å². The molecule has 50 heavy (non-hydrogen) atoms. The van der Waals surface area contributed by atoms with Crippen molar-refractivity contribution in [2.75, 3.05) is 0 Å². The minimum Gasteiger partial charge on any atom is -0.508 e. The lowest BCUT2D eigenvalue weighted by molar-refractivity contribution is 0.0205. The number of phenolic OH excluding ortho intramolecular Hbond substituents is 1. The summed E-state index contributed by atoms with van der Waals surface area (Å²) >= 11 is 0. The van der Waals surface area contributed by atoms with Crippen LogP contribution in [0.5, 0.6) is 11.5 Å². The van der Waals surface area contributed by atoms with Crippen molar-refractivity contribution in [1.82, 2.24) is 0 Å². The number of halogens is 4. The number of ether oxygens (including phenoxy) is 2. The number of rotatable bonds is 9. The smallest absolute Gasteiger partial charge is 0.508 e. The lowest BCUT2D eigenvalue weighted by atomic mass is 9.59. The normalized spacial score (nSPS) is 12.9. The van der Waals surface area contributed by atoms with Crippen LogP contribution in [-0.2, 0) is 21.0 Å². The second kappa shape index (κ2) is 19.4. The summed E-state index contributed by atoms with van der Waals surface area (Å²) in [5.41, 5.74) is -3.71. The summed E-state index contributed by atoms with van der Waals surface area (Å²) in [5, 5.41) is 19.0. The van der Waals surface area contributed by atoms with Gasteiger partial charge in [-0.2, -0.15) is 5.26 Å². The van der Waals surface area contributed by atoms with Crippen LogP contribution in [0.2, 0.25) is 0 Å². The molecular weight excluding hydrogens is 646 g/mol. The SMILES string of the molecule is C.C.C.C.C.C.CCC(C)(CC(C)(CC(C)(C)c1c(F)cc(O)cc1F)c1c(F)cc(OC(=O)OC(C)(C)C)cc1F)c1ccc(C#N)cc1. The Morgan fingerprint density at radius 2 is 1.16 bits per heavy atom. The van der Waals surface area contributed by atoms with Gasteiger partial charge in [0.2, 0.25) is 0 Å². The van der Waals surface area contributed by atoms with Gasteiger partial charge in [-0.05, 0) is 74.0 Å². The van der Waals surface area contributed by atoms with Crippen molar-refractivity contribution in [1.29, 1.82) is 5.26 Å². The maximum absolute atomic E-state index is 16.1. The largest absolute Gasteiger partial charge is 0.514 e. The fourth-order valence-electron chi connectivity index (χ4n) is 6.30. The topological polar surface area (TPSA) is 79.6 Å². The molecule has 2 unspecified atom stereocenters. The summed E-state index contributed by atoms with van der Waals surface area (Å²) in [6.45, 7) is 13.5. The molecule has 0 radical (unpaired) electrons. The van der Waals surface area contributed by atoms with Gasteiger partial charge in [0, 0.05) is 35.4 Å². The van der Waals surface area contributed by atoms with Crippen molar-refractivity contribution in [2.45, 2.75) is 141 Å². The molecule has 0 aliphatic carbocycles. The second-order valence-electron chi connectivity index (χ2n) is 13.5. The highest BCUT2D eigenvalue weighted by atomic mass is 19.1. The number of carbonyl (C=O) groups is 1. The molecule has 0 amide bonds. The summed E-state index contributed by atoms with van der Waals surface area (Å²) < 4.78 is 72.6. The zero-order valence-electron chi connectivity index (χ0n) is 26.4. The first-order valence-electron chi connectivity index (χ1n) is 14.3. The number of aromatic hydroxyl groups is 1. The zero-order chi connectivity index (χ0) is 33.3. The minimum absolute atomic E-state index is 0. The average Bonchev–Trinajstić information content (AvgIpc) is 2.85. The third-order valence-corrected chi connectivity index (χ3v) is 8.02. The molecular formula is C41H63F4NO4. The van der Waals surface area contributed by atoms with Gasteiger partial charge in [0.05, 0.1) is 11.6 Å². The molecule has 0 aliphatic heterocycles. The van der Waals surface area contributed by atoms with Gasteiger partial charge in [-0.1, -0.05) is 91.3 Å². The molecule has 0 bridgehead atoms. The lowest BCUT2D eigenvalue weighted by Gasteiger charge is -2.44. The van der Waals surface area contributed by atoms with Crippen LogP contribution in [0.4, 0.5) is 22.4 Å². The maximum Gasteiger partial charge on any atom is 0.514 e. The predicted octanol–water partition coefficient (Wildman–Crippen LogP) is 13.3. The number of benzene rings is 3. The molecule has 3 rings (SSSR count). The van der Waals surface area contributed by atoms with Gasteiger partial charge in [-0.3, -0.25) is 0 Å². The highest BCUT2D eigenvalue weighted by Gasteiger charge is 2.45. The molecule has 0 saturated heterocycles. The van der Waals surface area contributed by atoms with Crippen LogP contribution in [0.25, 0.3) is 0 Å². The molecule has 1 N–H and O–H groups in total. The monoisotopic (exact) mass is 709 g/mol. The molecule has 0 spiro atoms. The molecule has 0 aliphatic rings. The van der Waals surface area contributed by atoms with Crippen LogP contribution in [0.15, 0.2) is 48.5 Å². The average molecular weight is 710 g/mol. The Hall–Kier alpha value is -4.06. The zero-order valence-corrected chi connectivity index (χ0v) is 26.4. The van der Waals surface area contributed by atoms with Gasteiger partial charge in [0.1, 0.15) is 40.4 Å². The maximum atomic E-state index is 16.1. The van der Waals surface area contributed by atoms with E-state index in [9.17, 15) is 15.2 Å². The van der Waals surface area contributed by atoms with Crippen LogP contribution in [0.1, 0.15) is 141 Å². The Kier molecular flexibility index (Phi) is 20.4. The van der Waals surface area contributed by atoms with Gasteiger partial charge < -0.3 is 14.6 Å². The van der Waals surface area contributed by atoms with Gasteiger partial charge in [0.15, 0.2) is 0 Å². The number of carbonyl (C=O) groups excluding carboxylic acids is 1. The molecule has 9 heteroatoms. The van der Waals surface area contributed by atoms with Crippen molar-refractivity contribution < 1.29 is 36.9 Å². The van der Waals surface area contributed by atoms with Crippen LogP contribution < -0.4 is 4.74 Å². The van der Waals surface area contributed by atoms with Crippen molar-refractivity contribution >= 4 is 6.16 Å². The summed E-state index contributed by atoms with van der Waals surface area (Å²) in [5.74, 6) is -4.97. The van der Waals surface area contributed by atoms with Gasteiger partial charge >= 0.3 is 6.16 Å². The Balaban J connectivity index is -0.00000176. The minimum atomic E-state index is -1.39. The van der Waals surface area contributed by atoms with Gasteiger partial charge in [0.25, 0.3) is 0 Å². The Bertz CT molecular complexity index is 1530. The van der Waals surface area contributed by atoms with Crippen molar-refractivity contribution in [3.8, 4) is 17.6 Å². The Morgan fingerprint density at radius 1 is 0.720 bits per heavy atom. The van der Waals surface area contributed by atoms with E-state index in [2.05, 4.69) is 6.07 Å². The molecule has 5 nitrogen and oxygen atoms in total. The van der Waals surface area contributed by atoms with E-state index in [1.807, 2.05) is 13.8 Å². The molecule has 3 aromatic rings. The molecule has 0 heterocycles. The van der Waals surface area contributed by atoms with Gasteiger partial charge in [-0.25, -0.2) is 22.4 Å². The molecule has 284 valence electrons. The van der Waals surface area contributed by atoms with Crippen molar-refractivity contribution in [2.24, 2.45) is 0 Å². The first-order chi connectivity index (χ1) is 20.2. The van der Waals surface area contributed by atoms with E-state index in [1.165, 1.54) is 0 Å². The standard InChI is InChI=1S/C35H39F4NO4.6CH4/c1-9-34(7,22-12-10-21(18-40)11-13-22)20-35(8,19-33(5,6)29-25(36)14-23(41)15-26(29)37)30-27(38)16-24(17-28(30)39)43-31(42)44-32(2,3)4;;;;;;/h10-17,41H,9,19-20H2,1-8H3;6*1H4. The number of hydrogen-bond acceptors (Lipinski definition) is 5. The fourth-order valence-corrected chi connectivity index (χ4v) is 6.30. The van der Waals surface area contributed by atoms with E-state index >= 15 is 17.6 Å². The summed E-state index contributed by atoms with van der Waals surface area (Å²) in [7, 11) is 0. The third kappa shape index (κ3) is 12.1. The van der Waals surface area contributed by atoms with E-state index in [-0.39, 0.29) is 68.5 Å². The van der Waals surface area contributed by atoms with E-state index in [0.29, 0.717) is 12.0 Å². The summed E-state index contributed by atoms with van der Waals surface area (Å²) in [6, 6.07) is 12.4. The molecule has 2 atom stereocenters. The fraction of sp³-hybridized carbons (Fsp3) is 0.512. The third-order valence-electron chi connectivity index (χ3n) is 8.02. The number of hydrogen-bond donors (Lipinski definition) is 1. The highest BCUT2D eigenvalue weighted by Crippen LogP contribution is 2.50. The molecule has 0 fully saturated rings. The second-order valence-corrected chi connectivity index (χ2v) is 13.5. The quantitative estimate of drug-likeness (QED) is 0.136. The summed E-state index contributed by atoms with van der Waals surface area (Å²) in [4.78, 5) is 12.2. The first kappa shape index (κ1) is 52.7. The van der Waals surface area contributed by atoms with Crippen molar-refractivity contribution in [3.05, 3.63) is 94.1 Å². The molecule has 0 aromatic heterocycles. The summed E-state index contributed by atoms with van der Waals surface area (Å²) in [6.07, 6.45) is -0.594. The highest BCUT2D eigenvalue weighted by molar-refractivity contribution is 5.64. The van der Waals surface area contributed by atoms with Crippen LogP contribution in [-0.4, -0.2) is 16.9 Å². The van der Waals surface area contributed by atoms with Crippen LogP contribution in [0.3, 0.4) is 0 Å². The Labute approximate surface area is 300 Å². The van der Waals surface area contributed by atoms with Crippen LogP contribution in [0, 0.1) is 34.6 Å².